The zero-order chi connectivity index (χ0) is 15.6. The predicted octanol–water partition coefficient (Wildman–Crippen LogP) is 1.65. The minimum Gasteiger partial charge on any atom is -0.445 e. The number of ether oxygens (including phenoxy) is 1. The topological polar surface area (TPSA) is 79.8 Å². The van der Waals surface area contributed by atoms with Gasteiger partial charge in [0.2, 0.25) is 5.91 Å². The van der Waals surface area contributed by atoms with Gasteiger partial charge in [-0.05, 0) is 24.8 Å². The molecule has 1 saturated heterocycles. The van der Waals surface area contributed by atoms with Gasteiger partial charge in [0.05, 0.1) is 0 Å². The van der Waals surface area contributed by atoms with Crippen molar-refractivity contribution in [2.45, 2.75) is 31.9 Å². The third kappa shape index (κ3) is 5.55. The number of amides is 2. The monoisotopic (exact) mass is 303 g/mol. The van der Waals surface area contributed by atoms with Crippen LogP contribution < -0.4 is 10.6 Å². The van der Waals surface area contributed by atoms with Crippen molar-refractivity contribution in [2.24, 2.45) is 4.99 Å². The summed E-state index contributed by atoms with van der Waals surface area (Å²) < 4.78 is 5.08. The van der Waals surface area contributed by atoms with Gasteiger partial charge in [0.1, 0.15) is 12.6 Å². The van der Waals surface area contributed by atoms with E-state index in [1.807, 2.05) is 30.3 Å². The maximum atomic E-state index is 11.5. The summed E-state index contributed by atoms with van der Waals surface area (Å²) in [6.07, 6.45) is 3.55. The molecule has 1 aliphatic rings. The molecule has 0 spiro atoms. The van der Waals surface area contributed by atoms with Gasteiger partial charge in [0, 0.05) is 19.3 Å². The number of carbonyl (C=O) groups excluding carboxylic acids is 2. The van der Waals surface area contributed by atoms with Gasteiger partial charge in [-0.1, -0.05) is 30.3 Å². The summed E-state index contributed by atoms with van der Waals surface area (Å²) in [7, 11) is 0. The molecule has 2 N–H and O–H groups in total. The van der Waals surface area contributed by atoms with Crippen molar-refractivity contribution in [2.75, 3.05) is 13.1 Å². The summed E-state index contributed by atoms with van der Waals surface area (Å²) in [6.45, 7) is 1.42. The Morgan fingerprint density at radius 3 is 3.00 bits per heavy atom. The summed E-state index contributed by atoms with van der Waals surface area (Å²) in [5.41, 5.74) is 0.947. The molecule has 0 aliphatic carbocycles. The van der Waals surface area contributed by atoms with E-state index in [9.17, 15) is 9.59 Å². The first kappa shape index (κ1) is 16.0. The number of rotatable bonds is 6. The van der Waals surface area contributed by atoms with E-state index < -0.39 is 6.09 Å². The summed E-state index contributed by atoms with van der Waals surface area (Å²) in [5, 5.41) is 5.43. The van der Waals surface area contributed by atoms with Crippen molar-refractivity contribution in [1.82, 2.24) is 10.6 Å². The van der Waals surface area contributed by atoms with E-state index in [0.29, 0.717) is 13.0 Å². The molecule has 1 aromatic rings. The van der Waals surface area contributed by atoms with Gasteiger partial charge in [0.15, 0.2) is 0 Å². The maximum absolute atomic E-state index is 11.5. The van der Waals surface area contributed by atoms with Crippen LogP contribution in [0.3, 0.4) is 0 Å². The standard InChI is InChI=1S/C16H21N3O3/c20-15-14(8-4-9-18-15)17-10-5-11-19-16(21)22-12-13-6-2-1-3-7-13/h1-3,6-7,10,14H,4-5,8-9,11-12H2,(H,18,20)(H,19,21). The Labute approximate surface area is 130 Å². The first-order valence-corrected chi connectivity index (χ1v) is 7.49. The van der Waals surface area contributed by atoms with E-state index in [2.05, 4.69) is 15.6 Å². The van der Waals surface area contributed by atoms with Crippen LogP contribution in [0.1, 0.15) is 24.8 Å². The van der Waals surface area contributed by atoms with Crippen LogP contribution in [-0.2, 0) is 16.1 Å². The Balaban J connectivity index is 1.58. The van der Waals surface area contributed by atoms with E-state index in [-0.39, 0.29) is 18.6 Å². The van der Waals surface area contributed by atoms with Crippen LogP contribution in [0, 0.1) is 0 Å². The second-order valence-electron chi connectivity index (χ2n) is 5.06. The summed E-state index contributed by atoms with van der Waals surface area (Å²) >= 11 is 0. The first-order valence-electron chi connectivity index (χ1n) is 7.49. The molecule has 1 aliphatic heterocycles. The van der Waals surface area contributed by atoms with E-state index in [1.54, 1.807) is 6.21 Å². The Bertz CT molecular complexity index is 517. The smallest absolute Gasteiger partial charge is 0.407 e. The van der Waals surface area contributed by atoms with Gasteiger partial charge in [-0.25, -0.2) is 4.79 Å². The van der Waals surface area contributed by atoms with Crippen LogP contribution in [-0.4, -0.2) is 37.3 Å². The Morgan fingerprint density at radius 1 is 1.41 bits per heavy atom. The number of hydrogen-bond acceptors (Lipinski definition) is 4. The Kier molecular flexibility index (Phi) is 6.41. The quantitative estimate of drug-likeness (QED) is 0.619. The average Bonchev–Trinajstić information content (AvgIpc) is 2.55. The summed E-state index contributed by atoms with van der Waals surface area (Å²) in [4.78, 5) is 27.2. The van der Waals surface area contributed by atoms with Crippen molar-refractivity contribution in [3.05, 3.63) is 35.9 Å². The summed E-state index contributed by atoms with van der Waals surface area (Å²) in [6, 6.07) is 9.22. The van der Waals surface area contributed by atoms with Crippen molar-refractivity contribution in [1.29, 1.82) is 0 Å². The summed E-state index contributed by atoms with van der Waals surface area (Å²) in [5.74, 6) is -0.0160. The maximum Gasteiger partial charge on any atom is 0.407 e. The van der Waals surface area contributed by atoms with Crippen LogP contribution in [0.5, 0.6) is 0 Å². The molecule has 1 atom stereocenters. The van der Waals surface area contributed by atoms with Crippen molar-refractivity contribution in [3.8, 4) is 0 Å². The third-order valence-corrected chi connectivity index (χ3v) is 3.30. The third-order valence-electron chi connectivity index (χ3n) is 3.30. The molecule has 0 radical (unpaired) electrons. The predicted molar refractivity (Wildman–Crippen MR) is 83.8 cm³/mol. The number of aliphatic imine (C=N–C) groups is 1. The van der Waals surface area contributed by atoms with Gasteiger partial charge in [-0.3, -0.25) is 9.79 Å². The highest BCUT2D eigenvalue weighted by Gasteiger charge is 2.19. The van der Waals surface area contributed by atoms with Crippen LogP contribution >= 0.6 is 0 Å². The van der Waals surface area contributed by atoms with Crippen LogP contribution in [0.4, 0.5) is 4.79 Å². The average molecular weight is 303 g/mol. The van der Waals surface area contributed by atoms with Crippen LogP contribution in [0.2, 0.25) is 0 Å². The van der Waals surface area contributed by atoms with Crippen molar-refractivity contribution < 1.29 is 14.3 Å². The lowest BCUT2D eigenvalue weighted by Crippen LogP contribution is -2.39. The Morgan fingerprint density at radius 2 is 2.23 bits per heavy atom. The molecule has 22 heavy (non-hydrogen) atoms. The van der Waals surface area contributed by atoms with E-state index in [4.69, 9.17) is 4.74 Å². The van der Waals surface area contributed by atoms with E-state index in [1.165, 1.54) is 0 Å². The second-order valence-corrected chi connectivity index (χ2v) is 5.06. The number of nitrogens with zero attached hydrogens (tertiary/aromatic N) is 1. The highest BCUT2D eigenvalue weighted by Crippen LogP contribution is 2.06. The van der Waals surface area contributed by atoms with Gasteiger partial charge in [0.25, 0.3) is 0 Å². The van der Waals surface area contributed by atoms with Crippen molar-refractivity contribution >= 4 is 18.2 Å². The fourth-order valence-corrected chi connectivity index (χ4v) is 2.11. The van der Waals surface area contributed by atoms with Gasteiger partial charge < -0.3 is 15.4 Å². The fraction of sp³-hybridized carbons (Fsp3) is 0.438. The number of carbonyl (C=O) groups is 2. The molecule has 0 bridgehead atoms. The molecule has 118 valence electrons. The lowest BCUT2D eigenvalue weighted by Gasteiger charge is -2.17. The molecule has 6 nitrogen and oxygen atoms in total. The molecule has 2 amide bonds. The lowest BCUT2D eigenvalue weighted by atomic mass is 10.1. The molecule has 1 fully saturated rings. The number of piperidine rings is 1. The molecule has 6 heteroatoms. The first-order chi connectivity index (χ1) is 10.8. The number of benzene rings is 1. The SMILES string of the molecule is O=C(NCCC=NC1CCCNC1=O)OCc1ccccc1. The molecular weight excluding hydrogens is 282 g/mol. The zero-order valence-corrected chi connectivity index (χ0v) is 12.5. The molecule has 0 saturated carbocycles. The largest absolute Gasteiger partial charge is 0.445 e. The van der Waals surface area contributed by atoms with Gasteiger partial charge in [-0.15, -0.1) is 0 Å². The zero-order valence-electron chi connectivity index (χ0n) is 12.5. The molecule has 2 rings (SSSR count). The van der Waals surface area contributed by atoms with Crippen LogP contribution in [0.15, 0.2) is 35.3 Å². The highest BCUT2D eigenvalue weighted by molar-refractivity contribution is 5.84. The van der Waals surface area contributed by atoms with Crippen molar-refractivity contribution in [3.63, 3.8) is 0 Å². The molecule has 0 aromatic heterocycles. The lowest BCUT2D eigenvalue weighted by molar-refractivity contribution is -0.123. The second kappa shape index (κ2) is 8.81. The number of alkyl carbamates (subject to hydrolysis) is 1. The van der Waals surface area contributed by atoms with E-state index in [0.717, 1.165) is 24.9 Å². The highest BCUT2D eigenvalue weighted by atomic mass is 16.5. The van der Waals surface area contributed by atoms with Gasteiger partial charge in [-0.2, -0.15) is 0 Å². The molecular formula is C16H21N3O3. The van der Waals surface area contributed by atoms with E-state index >= 15 is 0 Å². The molecule has 1 unspecified atom stereocenters. The molecule has 1 heterocycles. The minimum absolute atomic E-state index is 0.0160. The number of nitrogens with one attached hydrogen (secondary N) is 2. The minimum atomic E-state index is -0.451. The normalized spacial score (nSPS) is 18.0. The van der Waals surface area contributed by atoms with Crippen LogP contribution in [0.25, 0.3) is 0 Å². The Hall–Kier alpha value is -2.37. The number of hydrogen-bond donors (Lipinski definition) is 2. The van der Waals surface area contributed by atoms with Gasteiger partial charge >= 0.3 is 6.09 Å². The fourth-order valence-electron chi connectivity index (χ4n) is 2.11. The molecule has 1 aromatic carbocycles.